The van der Waals surface area contributed by atoms with Crippen molar-refractivity contribution in [3.63, 3.8) is 0 Å². The van der Waals surface area contributed by atoms with Gasteiger partial charge in [-0.2, -0.15) is 0 Å². The third-order valence-corrected chi connectivity index (χ3v) is 3.89. The average Bonchev–Trinajstić information content (AvgIpc) is 2.65. The normalized spacial score (nSPS) is 26.2. The maximum atomic E-state index is 11.0. The highest BCUT2D eigenvalue weighted by atomic mass is 16.1. The second-order valence-corrected chi connectivity index (χ2v) is 5.11. The van der Waals surface area contributed by atoms with Crippen LogP contribution >= 0.6 is 0 Å². The number of anilines is 1. The molecule has 17 heavy (non-hydrogen) atoms. The van der Waals surface area contributed by atoms with Crippen LogP contribution in [-0.2, 0) is 11.2 Å². The van der Waals surface area contributed by atoms with Crippen LogP contribution in [0.3, 0.4) is 0 Å². The molecule has 0 spiro atoms. The van der Waals surface area contributed by atoms with Crippen molar-refractivity contribution in [2.24, 2.45) is 0 Å². The number of carbonyl (C=O) groups is 1. The van der Waals surface area contributed by atoms with Crippen molar-refractivity contribution in [1.82, 2.24) is 5.32 Å². The number of amides is 1. The van der Waals surface area contributed by atoms with Crippen molar-refractivity contribution < 1.29 is 4.79 Å². The van der Waals surface area contributed by atoms with Crippen molar-refractivity contribution in [2.75, 3.05) is 11.9 Å². The van der Waals surface area contributed by atoms with Gasteiger partial charge in [-0.25, -0.2) is 0 Å². The maximum absolute atomic E-state index is 11.0. The summed E-state index contributed by atoms with van der Waals surface area (Å²) in [6.45, 7) is 2.70. The molecule has 90 valence electrons. The van der Waals surface area contributed by atoms with Gasteiger partial charge in [-0.05, 0) is 55.0 Å². The number of rotatable bonds is 1. The van der Waals surface area contributed by atoms with E-state index in [1.807, 2.05) is 6.07 Å². The van der Waals surface area contributed by atoms with Gasteiger partial charge in [-0.15, -0.1) is 0 Å². The topological polar surface area (TPSA) is 41.1 Å². The molecule has 1 saturated heterocycles. The molecule has 1 aliphatic heterocycles. The zero-order chi connectivity index (χ0) is 11.8. The van der Waals surface area contributed by atoms with Gasteiger partial charge in [0.2, 0.25) is 5.91 Å². The van der Waals surface area contributed by atoms with Gasteiger partial charge in [0.25, 0.3) is 0 Å². The van der Waals surface area contributed by atoms with Gasteiger partial charge in [-0.3, -0.25) is 4.79 Å². The van der Waals surface area contributed by atoms with Crippen molar-refractivity contribution >= 4 is 11.6 Å². The Hall–Kier alpha value is -1.35. The first-order valence-electron chi connectivity index (χ1n) is 6.38. The van der Waals surface area contributed by atoms with Gasteiger partial charge in [0.1, 0.15) is 0 Å². The number of hydrogen-bond donors (Lipinski definition) is 2. The summed E-state index contributed by atoms with van der Waals surface area (Å²) in [6.07, 6.45) is 3.67. The zero-order valence-electron chi connectivity index (χ0n) is 10.1. The van der Waals surface area contributed by atoms with E-state index >= 15 is 0 Å². The molecule has 2 aliphatic rings. The Bertz CT molecular complexity index is 456. The Morgan fingerprint density at radius 3 is 3.18 bits per heavy atom. The molecule has 0 bridgehead atoms. The molecular formula is C14H18N2O. The summed E-state index contributed by atoms with van der Waals surface area (Å²) in [6, 6.07) is 6.97. The molecule has 0 radical (unpaired) electrons. The monoisotopic (exact) mass is 230 g/mol. The lowest BCUT2D eigenvalue weighted by Gasteiger charge is -2.27. The molecule has 1 fully saturated rings. The van der Waals surface area contributed by atoms with Gasteiger partial charge < -0.3 is 10.6 Å². The van der Waals surface area contributed by atoms with Crippen molar-refractivity contribution in [1.29, 1.82) is 0 Å². The van der Waals surface area contributed by atoms with Crippen LogP contribution in [0.2, 0.25) is 0 Å². The SMILES string of the molecule is CC(=O)Nc1ccc2c(c1)CC1NCCCC21. The third kappa shape index (κ3) is 1.95. The molecule has 1 heterocycles. The highest BCUT2D eigenvalue weighted by molar-refractivity contribution is 5.88. The minimum absolute atomic E-state index is 0.00140. The molecule has 3 heteroatoms. The highest BCUT2D eigenvalue weighted by Crippen LogP contribution is 2.39. The van der Waals surface area contributed by atoms with E-state index in [2.05, 4.69) is 22.8 Å². The lowest BCUT2D eigenvalue weighted by atomic mass is 9.90. The van der Waals surface area contributed by atoms with Crippen LogP contribution in [0.1, 0.15) is 36.8 Å². The molecule has 2 unspecified atom stereocenters. The van der Waals surface area contributed by atoms with Crippen molar-refractivity contribution in [3.05, 3.63) is 29.3 Å². The minimum Gasteiger partial charge on any atom is -0.326 e. The van der Waals surface area contributed by atoms with E-state index in [1.54, 1.807) is 6.92 Å². The van der Waals surface area contributed by atoms with E-state index < -0.39 is 0 Å². The summed E-state index contributed by atoms with van der Waals surface area (Å²) in [4.78, 5) is 11.0. The third-order valence-electron chi connectivity index (χ3n) is 3.89. The largest absolute Gasteiger partial charge is 0.326 e. The number of fused-ring (bicyclic) bond motifs is 3. The minimum atomic E-state index is -0.00140. The molecule has 0 saturated carbocycles. The van der Waals surface area contributed by atoms with Crippen LogP contribution in [0.4, 0.5) is 5.69 Å². The van der Waals surface area contributed by atoms with Crippen LogP contribution in [0, 0.1) is 0 Å². The number of carbonyl (C=O) groups excluding carboxylic acids is 1. The van der Waals surface area contributed by atoms with Crippen LogP contribution in [0.5, 0.6) is 0 Å². The number of hydrogen-bond acceptors (Lipinski definition) is 2. The first kappa shape index (κ1) is 10.8. The fourth-order valence-electron chi connectivity index (χ4n) is 3.20. The van der Waals surface area contributed by atoms with Gasteiger partial charge in [0.15, 0.2) is 0 Å². The lowest BCUT2D eigenvalue weighted by Crippen LogP contribution is -2.37. The van der Waals surface area contributed by atoms with Crippen LogP contribution in [0.25, 0.3) is 0 Å². The molecule has 1 aromatic carbocycles. The van der Waals surface area contributed by atoms with Gasteiger partial charge >= 0.3 is 0 Å². The van der Waals surface area contributed by atoms with E-state index in [1.165, 1.54) is 24.0 Å². The Labute approximate surface area is 102 Å². The van der Waals surface area contributed by atoms with Gasteiger partial charge in [-0.1, -0.05) is 6.07 Å². The fourth-order valence-corrected chi connectivity index (χ4v) is 3.20. The molecule has 2 N–H and O–H groups in total. The second kappa shape index (κ2) is 4.15. The first-order valence-corrected chi connectivity index (χ1v) is 6.38. The van der Waals surface area contributed by atoms with Crippen molar-refractivity contribution in [3.8, 4) is 0 Å². The van der Waals surface area contributed by atoms with Crippen LogP contribution in [0.15, 0.2) is 18.2 Å². The molecule has 1 aromatic rings. The zero-order valence-corrected chi connectivity index (χ0v) is 10.1. The maximum Gasteiger partial charge on any atom is 0.221 e. The van der Waals surface area contributed by atoms with Gasteiger partial charge in [0, 0.05) is 18.7 Å². The lowest BCUT2D eigenvalue weighted by molar-refractivity contribution is -0.114. The Morgan fingerprint density at radius 2 is 2.35 bits per heavy atom. The Morgan fingerprint density at radius 1 is 1.47 bits per heavy atom. The Balaban J connectivity index is 1.88. The van der Waals surface area contributed by atoms with E-state index in [-0.39, 0.29) is 5.91 Å². The molecular weight excluding hydrogens is 212 g/mol. The molecule has 1 aliphatic carbocycles. The Kier molecular flexibility index (Phi) is 2.63. The fraction of sp³-hybridized carbons (Fsp3) is 0.500. The van der Waals surface area contributed by atoms with Gasteiger partial charge in [0.05, 0.1) is 0 Å². The van der Waals surface area contributed by atoms with E-state index in [0.717, 1.165) is 18.7 Å². The summed E-state index contributed by atoms with van der Waals surface area (Å²) in [5.41, 5.74) is 3.81. The summed E-state index contributed by atoms with van der Waals surface area (Å²) in [5.74, 6) is 0.684. The summed E-state index contributed by atoms with van der Waals surface area (Å²) >= 11 is 0. The predicted molar refractivity (Wildman–Crippen MR) is 68.2 cm³/mol. The molecule has 3 rings (SSSR count). The average molecular weight is 230 g/mol. The number of benzene rings is 1. The van der Waals surface area contributed by atoms with E-state index in [4.69, 9.17) is 0 Å². The highest BCUT2D eigenvalue weighted by Gasteiger charge is 2.33. The summed E-state index contributed by atoms with van der Waals surface area (Å²) < 4.78 is 0. The van der Waals surface area contributed by atoms with E-state index in [9.17, 15) is 4.79 Å². The van der Waals surface area contributed by atoms with Crippen LogP contribution in [-0.4, -0.2) is 18.5 Å². The molecule has 3 nitrogen and oxygen atoms in total. The standard InChI is InChI=1S/C14H18N2O/c1-9(17)16-11-4-5-12-10(7-11)8-14-13(12)3-2-6-15-14/h4-5,7,13-15H,2-3,6,8H2,1H3,(H,16,17). The molecule has 2 atom stereocenters. The van der Waals surface area contributed by atoms with E-state index in [0.29, 0.717) is 12.0 Å². The summed E-state index contributed by atoms with van der Waals surface area (Å²) in [7, 11) is 0. The van der Waals surface area contributed by atoms with Crippen molar-refractivity contribution in [2.45, 2.75) is 38.1 Å². The summed E-state index contributed by atoms with van der Waals surface area (Å²) in [5, 5.41) is 6.46. The van der Waals surface area contributed by atoms with Crippen LogP contribution < -0.4 is 10.6 Å². The number of piperidine rings is 1. The predicted octanol–water partition coefficient (Wildman–Crippen LogP) is 2.04. The quantitative estimate of drug-likeness (QED) is 0.775. The smallest absolute Gasteiger partial charge is 0.221 e. The first-order chi connectivity index (χ1) is 8.24. The number of nitrogens with one attached hydrogen (secondary N) is 2. The molecule has 0 aromatic heterocycles. The second-order valence-electron chi connectivity index (χ2n) is 5.11. The molecule has 1 amide bonds.